The van der Waals surface area contributed by atoms with E-state index in [0.29, 0.717) is 22.4 Å². The molecular weight excluding hydrogens is 336 g/mol. The Morgan fingerprint density at radius 3 is 2.62 bits per heavy atom. The normalized spacial score (nSPS) is 38.5. The van der Waals surface area contributed by atoms with Gasteiger partial charge in [-0.2, -0.15) is 0 Å². The van der Waals surface area contributed by atoms with E-state index in [4.69, 9.17) is 4.74 Å². The molecule has 4 rings (SSSR count). The SMILES string of the molecule is COc1cccc2c1[C@@H](O)[C@]1(O)C=CC3=C(C(=O)C[C@H](C)[C@@H]3O)[C@@H]1[C@H]2O. The van der Waals surface area contributed by atoms with E-state index in [1.165, 1.54) is 19.3 Å². The summed E-state index contributed by atoms with van der Waals surface area (Å²) in [7, 11) is 1.45. The first-order valence-corrected chi connectivity index (χ1v) is 8.71. The fraction of sp³-hybridized carbons (Fsp3) is 0.450. The highest BCUT2D eigenvalue weighted by Gasteiger charge is 2.57. The molecule has 0 bridgehead atoms. The Morgan fingerprint density at radius 2 is 1.92 bits per heavy atom. The smallest absolute Gasteiger partial charge is 0.160 e. The summed E-state index contributed by atoms with van der Waals surface area (Å²) in [5.74, 6) is -1.15. The molecule has 6 atom stereocenters. The van der Waals surface area contributed by atoms with Crippen molar-refractivity contribution in [2.45, 2.75) is 37.3 Å². The summed E-state index contributed by atoms with van der Waals surface area (Å²) in [5.41, 5.74) is -0.515. The van der Waals surface area contributed by atoms with Crippen molar-refractivity contribution >= 4 is 5.78 Å². The molecule has 3 aliphatic carbocycles. The molecule has 138 valence electrons. The molecule has 0 radical (unpaired) electrons. The van der Waals surface area contributed by atoms with Crippen molar-refractivity contribution in [1.82, 2.24) is 0 Å². The van der Waals surface area contributed by atoms with E-state index in [-0.39, 0.29) is 23.7 Å². The molecule has 0 spiro atoms. The van der Waals surface area contributed by atoms with Crippen molar-refractivity contribution in [2.75, 3.05) is 7.11 Å². The van der Waals surface area contributed by atoms with Gasteiger partial charge in [-0.05, 0) is 29.2 Å². The van der Waals surface area contributed by atoms with Crippen LogP contribution in [0.3, 0.4) is 0 Å². The van der Waals surface area contributed by atoms with Gasteiger partial charge in [0, 0.05) is 17.6 Å². The zero-order valence-electron chi connectivity index (χ0n) is 14.6. The molecule has 0 heterocycles. The minimum atomic E-state index is -1.87. The van der Waals surface area contributed by atoms with Crippen LogP contribution in [0.5, 0.6) is 5.75 Å². The van der Waals surface area contributed by atoms with Crippen LogP contribution in [0.4, 0.5) is 0 Å². The number of rotatable bonds is 1. The Labute approximate surface area is 151 Å². The van der Waals surface area contributed by atoms with Crippen molar-refractivity contribution in [1.29, 1.82) is 0 Å². The first-order chi connectivity index (χ1) is 12.3. The van der Waals surface area contributed by atoms with Crippen LogP contribution < -0.4 is 4.74 Å². The van der Waals surface area contributed by atoms with E-state index < -0.39 is 29.8 Å². The number of aliphatic hydroxyl groups excluding tert-OH is 3. The molecule has 0 fully saturated rings. The lowest BCUT2D eigenvalue weighted by Gasteiger charge is -2.49. The van der Waals surface area contributed by atoms with Crippen LogP contribution in [0.1, 0.15) is 36.7 Å². The fourth-order valence-corrected chi connectivity index (χ4v) is 4.61. The second kappa shape index (κ2) is 5.76. The van der Waals surface area contributed by atoms with Crippen molar-refractivity contribution in [3.05, 3.63) is 52.6 Å². The van der Waals surface area contributed by atoms with Gasteiger partial charge in [-0.15, -0.1) is 0 Å². The minimum absolute atomic E-state index is 0.133. The summed E-state index contributed by atoms with van der Waals surface area (Å²) in [6, 6.07) is 4.98. The summed E-state index contributed by atoms with van der Waals surface area (Å²) >= 11 is 0. The topological polar surface area (TPSA) is 107 Å². The number of ether oxygens (including phenoxy) is 1. The van der Waals surface area contributed by atoms with Crippen LogP contribution in [-0.4, -0.2) is 45.0 Å². The lowest BCUT2D eigenvalue weighted by Crippen LogP contribution is -2.53. The Balaban J connectivity index is 1.95. The molecule has 26 heavy (non-hydrogen) atoms. The maximum atomic E-state index is 12.7. The van der Waals surface area contributed by atoms with Gasteiger partial charge < -0.3 is 25.2 Å². The summed E-state index contributed by atoms with van der Waals surface area (Å²) in [6.07, 6.45) is -0.424. The lowest BCUT2D eigenvalue weighted by molar-refractivity contribution is -0.133. The predicted octanol–water partition coefficient (Wildman–Crippen LogP) is 0.959. The van der Waals surface area contributed by atoms with Crippen molar-refractivity contribution in [3.63, 3.8) is 0 Å². The van der Waals surface area contributed by atoms with E-state index in [9.17, 15) is 25.2 Å². The molecule has 1 aromatic rings. The summed E-state index contributed by atoms with van der Waals surface area (Å²) in [6.45, 7) is 1.79. The highest BCUT2D eigenvalue weighted by atomic mass is 16.5. The summed E-state index contributed by atoms with van der Waals surface area (Å²) in [4.78, 5) is 12.7. The molecule has 0 saturated carbocycles. The zero-order chi connectivity index (χ0) is 18.8. The number of benzene rings is 1. The number of fused-ring (bicyclic) bond motifs is 3. The van der Waals surface area contributed by atoms with Gasteiger partial charge in [-0.25, -0.2) is 0 Å². The molecule has 6 heteroatoms. The van der Waals surface area contributed by atoms with Crippen molar-refractivity contribution < 1.29 is 30.0 Å². The molecule has 0 unspecified atom stereocenters. The van der Waals surface area contributed by atoms with Gasteiger partial charge in [0.25, 0.3) is 0 Å². The van der Waals surface area contributed by atoms with E-state index in [1.54, 1.807) is 25.1 Å². The third-order valence-electron chi connectivity index (χ3n) is 5.98. The Morgan fingerprint density at radius 1 is 1.19 bits per heavy atom. The number of carbonyl (C=O) groups is 1. The molecule has 6 nitrogen and oxygen atoms in total. The van der Waals surface area contributed by atoms with Crippen LogP contribution in [0.15, 0.2) is 41.5 Å². The monoisotopic (exact) mass is 358 g/mol. The molecule has 0 aromatic heterocycles. The summed E-state index contributed by atoms with van der Waals surface area (Å²) < 4.78 is 5.29. The molecule has 0 aliphatic heterocycles. The van der Waals surface area contributed by atoms with Gasteiger partial charge in [0.15, 0.2) is 5.78 Å². The predicted molar refractivity (Wildman–Crippen MR) is 92.3 cm³/mol. The van der Waals surface area contributed by atoms with E-state index >= 15 is 0 Å². The van der Waals surface area contributed by atoms with Gasteiger partial charge in [-0.3, -0.25) is 4.79 Å². The van der Waals surface area contributed by atoms with E-state index in [2.05, 4.69) is 0 Å². The van der Waals surface area contributed by atoms with Crippen LogP contribution in [0.25, 0.3) is 0 Å². The Bertz CT molecular complexity index is 841. The van der Waals surface area contributed by atoms with Crippen LogP contribution in [-0.2, 0) is 4.79 Å². The number of Topliss-reactive ketones (excluding diaryl/α,β-unsaturated/α-hetero) is 1. The van der Waals surface area contributed by atoms with Crippen molar-refractivity contribution in [2.24, 2.45) is 11.8 Å². The first-order valence-electron chi connectivity index (χ1n) is 8.71. The van der Waals surface area contributed by atoms with Crippen LogP contribution in [0.2, 0.25) is 0 Å². The number of hydrogen-bond acceptors (Lipinski definition) is 6. The number of aliphatic hydroxyl groups is 4. The molecule has 0 saturated heterocycles. The lowest BCUT2D eigenvalue weighted by atomic mass is 9.60. The highest BCUT2D eigenvalue weighted by Crippen LogP contribution is 2.56. The van der Waals surface area contributed by atoms with Gasteiger partial charge in [0.2, 0.25) is 0 Å². The molecular formula is C20H22O6. The van der Waals surface area contributed by atoms with E-state index in [0.717, 1.165) is 0 Å². The molecule has 4 N–H and O–H groups in total. The van der Waals surface area contributed by atoms with Crippen LogP contribution >= 0.6 is 0 Å². The quantitative estimate of drug-likeness (QED) is 0.596. The zero-order valence-corrected chi connectivity index (χ0v) is 14.6. The second-order valence-corrected chi connectivity index (χ2v) is 7.43. The largest absolute Gasteiger partial charge is 0.496 e. The van der Waals surface area contributed by atoms with Crippen molar-refractivity contribution in [3.8, 4) is 5.75 Å². The fourth-order valence-electron chi connectivity index (χ4n) is 4.61. The number of ketones is 1. The maximum absolute atomic E-state index is 12.7. The second-order valence-electron chi connectivity index (χ2n) is 7.43. The van der Waals surface area contributed by atoms with Gasteiger partial charge >= 0.3 is 0 Å². The number of hydrogen-bond donors (Lipinski definition) is 4. The number of carbonyl (C=O) groups excluding carboxylic acids is 1. The molecule has 0 amide bonds. The Hall–Kier alpha value is -1.99. The van der Waals surface area contributed by atoms with Gasteiger partial charge in [-0.1, -0.05) is 25.1 Å². The van der Waals surface area contributed by atoms with Gasteiger partial charge in [0.1, 0.15) is 17.5 Å². The first kappa shape index (κ1) is 17.4. The third-order valence-corrected chi connectivity index (χ3v) is 5.98. The number of methoxy groups -OCH3 is 1. The molecule has 3 aliphatic rings. The van der Waals surface area contributed by atoms with Gasteiger partial charge in [0.05, 0.1) is 25.2 Å². The third kappa shape index (κ3) is 2.10. The highest BCUT2D eigenvalue weighted by molar-refractivity contribution is 5.99. The average molecular weight is 358 g/mol. The summed E-state index contributed by atoms with van der Waals surface area (Å²) in [5, 5.41) is 43.8. The van der Waals surface area contributed by atoms with E-state index in [1.807, 2.05) is 0 Å². The van der Waals surface area contributed by atoms with Crippen LogP contribution in [0, 0.1) is 11.8 Å². The standard InChI is InChI=1S/C20H22O6/c1-9-8-12(21)14-11(17(9)22)6-7-20(25)16(14)18(23)10-4-3-5-13(26-2)15(10)19(20)24/h3-7,9,16-19,22-25H,8H2,1-2H3/t9-,16+,17-,18-,19+,20-/m0/s1. The average Bonchev–Trinajstić information content (AvgIpc) is 2.63. The Kier molecular flexibility index (Phi) is 3.86. The molecule has 1 aromatic carbocycles. The maximum Gasteiger partial charge on any atom is 0.160 e. The minimum Gasteiger partial charge on any atom is -0.496 e.